The highest BCUT2D eigenvalue weighted by molar-refractivity contribution is 5.99. The van der Waals surface area contributed by atoms with Crippen LogP contribution < -0.4 is 0 Å². The number of carboxylic acid groups (broad SMARTS) is 2. The largest absolute Gasteiger partial charge is 0.480 e. The lowest BCUT2D eigenvalue weighted by molar-refractivity contribution is -0.168. The molecule has 2 rings (SSSR count). The first-order valence-corrected chi connectivity index (χ1v) is 4.54. The number of fused-ring (bicyclic) bond motifs is 2. The summed E-state index contributed by atoms with van der Waals surface area (Å²) in [6, 6.07) is 0. The number of aliphatic carboxylic acids is 2. The van der Waals surface area contributed by atoms with Crippen molar-refractivity contribution in [3.8, 4) is 0 Å². The van der Waals surface area contributed by atoms with Crippen LogP contribution in [0.25, 0.3) is 0 Å². The van der Waals surface area contributed by atoms with Crippen LogP contribution in [-0.2, 0) is 9.59 Å². The summed E-state index contributed by atoms with van der Waals surface area (Å²) >= 11 is 0. The van der Waals surface area contributed by atoms with Crippen LogP contribution in [0.5, 0.6) is 0 Å². The van der Waals surface area contributed by atoms with E-state index in [0.29, 0.717) is 12.3 Å². The third-order valence-corrected chi connectivity index (χ3v) is 3.61. The lowest BCUT2D eigenvalue weighted by atomic mass is 9.73. The molecule has 0 aromatic rings. The first kappa shape index (κ1) is 8.53. The van der Waals surface area contributed by atoms with Gasteiger partial charge in [-0.15, -0.1) is 0 Å². The standard InChI is InChI=1S/C9H12O4/c10-7(11)9(8(12)13)4-5-1-2-6(9)3-5/h5-6H,1-4H2,(H,10,11)(H,12,13). The average molecular weight is 184 g/mol. The maximum Gasteiger partial charge on any atom is 0.321 e. The lowest BCUT2D eigenvalue weighted by Crippen LogP contribution is -2.43. The van der Waals surface area contributed by atoms with Crippen LogP contribution >= 0.6 is 0 Å². The van der Waals surface area contributed by atoms with Gasteiger partial charge in [0.05, 0.1) is 0 Å². The van der Waals surface area contributed by atoms with Gasteiger partial charge in [-0.1, -0.05) is 6.42 Å². The molecular weight excluding hydrogens is 172 g/mol. The first-order valence-electron chi connectivity index (χ1n) is 4.54. The van der Waals surface area contributed by atoms with E-state index in [4.69, 9.17) is 10.2 Å². The summed E-state index contributed by atoms with van der Waals surface area (Å²) in [6.07, 6.45) is 2.90. The first-order chi connectivity index (χ1) is 6.07. The number of carbonyl (C=O) groups is 2. The van der Waals surface area contributed by atoms with Crippen molar-refractivity contribution in [2.75, 3.05) is 0 Å². The maximum absolute atomic E-state index is 11.0. The Morgan fingerprint density at radius 3 is 2.00 bits per heavy atom. The Balaban J connectivity index is 2.36. The molecule has 0 aromatic heterocycles. The van der Waals surface area contributed by atoms with Crippen molar-refractivity contribution in [2.45, 2.75) is 25.7 Å². The van der Waals surface area contributed by atoms with Gasteiger partial charge in [-0.2, -0.15) is 0 Å². The van der Waals surface area contributed by atoms with Crippen molar-refractivity contribution in [3.63, 3.8) is 0 Å². The zero-order valence-corrected chi connectivity index (χ0v) is 7.19. The Morgan fingerprint density at radius 2 is 1.77 bits per heavy atom. The highest BCUT2D eigenvalue weighted by atomic mass is 16.4. The molecule has 72 valence electrons. The zero-order valence-electron chi connectivity index (χ0n) is 7.19. The third kappa shape index (κ3) is 0.913. The van der Waals surface area contributed by atoms with Crippen molar-refractivity contribution in [1.82, 2.24) is 0 Å². The summed E-state index contributed by atoms with van der Waals surface area (Å²) in [5.41, 5.74) is -1.46. The van der Waals surface area contributed by atoms with Gasteiger partial charge in [0.2, 0.25) is 0 Å². The molecule has 0 saturated heterocycles. The van der Waals surface area contributed by atoms with Crippen LogP contribution in [0.3, 0.4) is 0 Å². The fraction of sp³-hybridized carbons (Fsp3) is 0.778. The fourth-order valence-electron chi connectivity index (χ4n) is 2.95. The van der Waals surface area contributed by atoms with Crippen molar-refractivity contribution in [3.05, 3.63) is 0 Å². The van der Waals surface area contributed by atoms with Crippen molar-refractivity contribution in [2.24, 2.45) is 17.3 Å². The van der Waals surface area contributed by atoms with Gasteiger partial charge in [-0.3, -0.25) is 9.59 Å². The predicted octanol–water partition coefficient (Wildman–Crippen LogP) is 0.962. The number of hydrogen-bond acceptors (Lipinski definition) is 2. The summed E-state index contributed by atoms with van der Waals surface area (Å²) in [6.45, 7) is 0. The number of rotatable bonds is 2. The van der Waals surface area contributed by atoms with Gasteiger partial charge in [0.1, 0.15) is 0 Å². The van der Waals surface area contributed by atoms with E-state index in [1.165, 1.54) is 0 Å². The highest BCUT2D eigenvalue weighted by Crippen LogP contribution is 2.56. The molecule has 2 aliphatic rings. The monoisotopic (exact) mass is 184 g/mol. The van der Waals surface area contributed by atoms with Gasteiger partial charge in [-0.25, -0.2) is 0 Å². The lowest BCUT2D eigenvalue weighted by Gasteiger charge is -2.28. The summed E-state index contributed by atoms with van der Waals surface area (Å²) < 4.78 is 0. The van der Waals surface area contributed by atoms with Crippen LogP contribution in [-0.4, -0.2) is 22.2 Å². The molecule has 2 N–H and O–H groups in total. The Kier molecular flexibility index (Phi) is 1.62. The van der Waals surface area contributed by atoms with Gasteiger partial charge >= 0.3 is 11.9 Å². The second-order valence-corrected chi connectivity index (χ2v) is 4.16. The van der Waals surface area contributed by atoms with E-state index in [2.05, 4.69) is 0 Å². The van der Waals surface area contributed by atoms with E-state index in [1.54, 1.807) is 0 Å². The van der Waals surface area contributed by atoms with Crippen LogP contribution in [0.1, 0.15) is 25.7 Å². The van der Waals surface area contributed by atoms with Crippen molar-refractivity contribution in [1.29, 1.82) is 0 Å². The smallest absolute Gasteiger partial charge is 0.321 e. The normalized spacial score (nSPS) is 34.8. The molecule has 2 fully saturated rings. The molecular formula is C9H12O4. The van der Waals surface area contributed by atoms with Gasteiger partial charge in [-0.05, 0) is 31.1 Å². The summed E-state index contributed by atoms with van der Waals surface area (Å²) in [7, 11) is 0. The minimum Gasteiger partial charge on any atom is -0.480 e. The number of hydrogen-bond donors (Lipinski definition) is 2. The highest BCUT2D eigenvalue weighted by Gasteiger charge is 2.61. The molecule has 13 heavy (non-hydrogen) atoms. The molecule has 0 aliphatic heterocycles. The quantitative estimate of drug-likeness (QED) is 0.627. The van der Waals surface area contributed by atoms with Gasteiger partial charge in [0.15, 0.2) is 5.41 Å². The van der Waals surface area contributed by atoms with Crippen LogP contribution in [0.15, 0.2) is 0 Å². The van der Waals surface area contributed by atoms with Crippen LogP contribution in [0.2, 0.25) is 0 Å². The minimum absolute atomic E-state index is 0.132. The second-order valence-electron chi connectivity index (χ2n) is 4.16. The van der Waals surface area contributed by atoms with Gasteiger partial charge in [0.25, 0.3) is 0 Å². The molecule has 0 heterocycles. The summed E-state index contributed by atoms with van der Waals surface area (Å²) in [4.78, 5) is 21.9. The molecule has 2 unspecified atom stereocenters. The molecule has 0 radical (unpaired) electrons. The molecule has 0 aromatic carbocycles. The van der Waals surface area contributed by atoms with E-state index in [0.717, 1.165) is 19.3 Å². The summed E-state index contributed by atoms with van der Waals surface area (Å²) in [5.74, 6) is -2.09. The molecule has 4 heteroatoms. The molecule has 2 bridgehead atoms. The topological polar surface area (TPSA) is 74.6 Å². The van der Waals surface area contributed by atoms with E-state index in [9.17, 15) is 9.59 Å². The predicted molar refractivity (Wildman–Crippen MR) is 43.2 cm³/mol. The Labute approximate surface area is 75.6 Å². The van der Waals surface area contributed by atoms with Gasteiger partial charge < -0.3 is 10.2 Å². The molecule has 2 atom stereocenters. The fourth-order valence-corrected chi connectivity index (χ4v) is 2.95. The van der Waals surface area contributed by atoms with E-state index in [-0.39, 0.29) is 5.92 Å². The molecule has 2 saturated carbocycles. The van der Waals surface area contributed by atoms with Crippen molar-refractivity contribution < 1.29 is 19.8 Å². The molecule has 4 nitrogen and oxygen atoms in total. The van der Waals surface area contributed by atoms with E-state index < -0.39 is 17.4 Å². The molecule has 0 amide bonds. The summed E-state index contributed by atoms with van der Waals surface area (Å²) in [5, 5.41) is 18.0. The van der Waals surface area contributed by atoms with E-state index >= 15 is 0 Å². The van der Waals surface area contributed by atoms with Crippen LogP contribution in [0.4, 0.5) is 0 Å². The van der Waals surface area contributed by atoms with E-state index in [1.807, 2.05) is 0 Å². The molecule has 2 aliphatic carbocycles. The zero-order chi connectivity index (χ0) is 9.64. The van der Waals surface area contributed by atoms with Crippen molar-refractivity contribution >= 4 is 11.9 Å². The Morgan fingerprint density at radius 1 is 1.15 bits per heavy atom. The van der Waals surface area contributed by atoms with Gasteiger partial charge in [0, 0.05) is 0 Å². The minimum atomic E-state index is -1.46. The Hall–Kier alpha value is -1.06. The maximum atomic E-state index is 11.0. The third-order valence-electron chi connectivity index (χ3n) is 3.61. The second kappa shape index (κ2) is 2.47. The van der Waals surface area contributed by atoms with Crippen LogP contribution in [0, 0.1) is 17.3 Å². The molecule has 0 spiro atoms. The Bertz CT molecular complexity index is 257. The number of carboxylic acids is 2. The average Bonchev–Trinajstić information content (AvgIpc) is 2.61. The SMILES string of the molecule is O=C(O)C1(C(=O)O)CC2CCC1C2.